The van der Waals surface area contributed by atoms with Crippen LogP contribution in [0.5, 0.6) is 11.5 Å². The smallest absolute Gasteiger partial charge is 0.387 e. The third-order valence-corrected chi connectivity index (χ3v) is 4.08. The van der Waals surface area contributed by atoms with E-state index in [9.17, 15) is 27.2 Å². The molecule has 0 atom stereocenters. The maximum Gasteiger partial charge on any atom is 0.387 e. The number of nitrogens with one attached hydrogen (secondary N) is 1. The molecule has 0 aliphatic carbocycles. The molecule has 0 saturated heterocycles. The van der Waals surface area contributed by atoms with Gasteiger partial charge >= 0.3 is 6.61 Å². The van der Waals surface area contributed by atoms with Crippen LogP contribution in [0.15, 0.2) is 42.5 Å². The van der Waals surface area contributed by atoms with Gasteiger partial charge < -0.3 is 19.7 Å². The number of hydrogen-bond acceptors (Lipinski definition) is 4. The van der Waals surface area contributed by atoms with Crippen LogP contribution in [0.2, 0.25) is 0 Å². The van der Waals surface area contributed by atoms with E-state index in [0.717, 1.165) is 23.1 Å². The lowest BCUT2D eigenvalue weighted by Crippen LogP contribution is -2.37. The van der Waals surface area contributed by atoms with Crippen LogP contribution in [0.1, 0.15) is 12.5 Å². The number of methoxy groups -OCH3 is 1. The SMILES string of the molecule is CCN(CC(=O)Nc1c(F)cccc1F)C(=O)/C=C/c1ccc(OC(F)F)c(OC)c1. The van der Waals surface area contributed by atoms with Gasteiger partial charge in [-0.15, -0.1) is 0 Å². The molecule has 31 heavy (non-hydrogen) atoms. The first-order valence-corrected chi connectivity index (χ1v) is 9.08. The van der Waals surface area contributed by atoms with Gasteiger partial charge in [0, 0.05) is 12.6 Å². The van der Waals surface area contributed by atoms with Crippen molar-refractivity contribution < 1.29 is 36.6 Å². The monoisotopic (exact) mass is 440 g/mol. The van der Waals surface area contributed by atoms with Crippen molar-refractivity contribution in [2.45, 2.75) is 13.5 Å². The second-order valence-corrected chi connectivity index (χ2v) is 6.12. The van der Waals surface area contributed by atoms with Crippen LogP contribution in [0.25, 0.3) is 6.08 Å². The fourth-order valence-electron chi connectivity index (χ4n) is 2.57. The molecule has 2 aromatic carbocycles. The van der Waals surface area contributed by atoms with Crippen molar-refractivity contribution >= 4 is 23.6 Å². The van der Waals surface area contributed by atoms with Gasteiger partial charge in [-0.05, 0) is 42.8 Å². The molecule has 0 saturated carbocycles. The average molecular weight is 440 g/mol. The molecule has 0 spiro atoms. The largest absolute Gasteiger partial charge is 0.493 e. The zero-order chi connectivity index (χ0) is 23.0. The maximum atomic E-state index is 13.7. The van der Waals surface area contributed by atoms with E-state index in [2.05, 4.69) is 10.1 Å². The number of benzene rings is 2. The Morgan fingerprint density at radius 3 is 2.39 bits per heavy atom. The number of para-hydroxylation sites is 1. The van der Waals surface area contributed by atoms with Crippen molar-refractivity contribution in [3.05, 3.63) is 59.7 Å². The van der Waals surface area contributed by atoms with Crippen LogP contribution >= 0.6 is 0 Å². The molecule has 0 bridgehead atoms. The molecule has 10 heteroatoms. The molecular weight excluding hydrogens is 420 g/mol. The van der Waals surface area contributed by atoms with Gasteiger partial charge in [0.05, 0.1) is 7.11 Å². The Kier molecular flexibility index (Phi) is 8.42. The van der Waals surface area contributed by atoms with Gasteiger partial charge in [0.1, 0.15) is 23.9 Å². The Bertz CT molecular complexity index is 946. The zero-order valence-corrected chi connectivity index (χ0v) is 16.7. The molecule has 2 amide bonds. The van der Waals surface area contributed by atoms with Gasteiger partial charge in [-0.1, -0.05) is 12.1 Å². The summed E-state index contributed by atoms with van der Waals surface area (Å²) < 4.78 is 61.4. The number of alkyl halides is 2. The quantitative estimate of drug-likeness (QED) is 0.472. The number of ether oxygens (including phenoxy) is 2. The summed E-state index contributed by atoms with van der Waals surface area (Å²) in [5.41, 5.74) is -0.134. The molecule has 1 N–H and O–H groups in total. The van der Waals surface area contributed by atoms with Crippen molar-refractivity contribution in [2.75, 3.05) is 25.5 Å². The Labute approximate surface area is 176 Å². The molecule has 0 radical (unpaired) electrons. The summed E-state index contributed by atoms with van der Waals surface area (Å²) in [5, 5.41) is 2.11. The van der Waals surface area contributed by atoms with E-state index in [1.54, 1.807) is 6.92 Å². The summed E-state index contributed by atoms with van der Waals surface area (Å²) in [4.78, 5) is 25.7. The minimum absolute atomic E-state index is 0.0496. The number of carbonyl (C=O) groups excluding carboxylic acids is 2. The first-order chi connectivity index (χ1) is 14.7. The molecule has 0 fully saturated rings. The standard InChI is InChI=1S/C21H20F4N2O4/c1-3-27(12-18(28)26-20-14(22)5-4-6-15(20)23)19(29)10-8-13-7-9-16(31-21(24)25)17(11-13)30-2/h4-11,21H,3,12H2,1-2H3,(H,26,28)/b10-8+. The Balaban J connectivity index is 2.05. The van der Waals surface area contributed by atoms with E-state index in [0.29, 0.717) is 5.56 Å². The number of nitrogens with zero attached hydrogens (tertiary/aromatic N) is 1. The highest BCUT2D eigenvalue weighted by molar-refractivity contribution is 5.98. The van der Waals surface area contributed by atoms with E-state index in [-0.39, 0.29) is 18.0 Å². The van der Waals surface area contributed by atoms with Gasteiger partial charge in [-0.25, -0.2) is 8.78 Å². The summed E-state index contributed by atoms with van der Waals surface area (Å²) in [7, 11) is 1.28. The second-order valence-electron chi connectivity index (χ2n) is 6.12. The highest BCUT2D eigenvalue weighted by Crippen LogP contribution is 2.29. The van der Waals surface area contributed by atoms with Crippen LogP contribution in [-0.4, -0.2) is 43.5 Å². The third-order valence-electron chi connectivity index (χ3n) is 4.08. The highest BCUT2D eigenvalue weighted by atomic mass is 19.3. The average Bonchev–Trinajstić information content (AvgIpc) is 2.73. The number of likely N-dealkylation sites (N-methyl/N-ethyl adjacent to an activating group) is 1. The second kappa shape index (κ2) is 11.0. The Morgan fingerprint density at radius 2 is 1.81 bits per heavy atom. The van der Waals surface area contributed by atoms with Crippen LogP contribution in [0.4, 0.5) is 23.2 Å². The topological polar surface area (TPSA) is 67.9 Å². The van der Waals surface area contributed by atoms with Gasteiger partial charge in [0.2, 0.25) is 11.8 Å². The lowest BCUT2D eigenvalue weighted by atomic mass is 10.2. The van der Waals surface area contributed by atoms with Crippen molar-refractivity contribution in [3.63, 3.8) is 0 Å². The minimum atomic E-state index is -3.01. The van der Waals surface area contributed by atoms with Gasteiger partial charge in [-0.2, -0.15) is 8.78 Å². The molecule has 0 aromatic heterocycles. The minimum Gasteiger partial charge on any atom is -0.493 e. The van der Waals surface area contributed by atoms with Crippen molar-refractivity contribution in [1.82, 2.24) is 4.90 Å². The van der Waals surface area contributed by atoms with E-state index in [4.69, 9.17) is 4.74 Å². The summed E-state index contributed by atoms with van der Waals surface area (Å²) in [6.07, 6.45) is 2.57. The van der Waals surface area contributed by atoms with Gasteiger partial charge in [0.15, 0.2) is 11.5 Å². The number of carbonyl (C=O) groups is 2. The maximum absolute atomic E-state index is 13.7. The number of amides is 2. The first-order valence-electron chi connectivity index (χ1n) is 9.08. The molecule has 0 heterocycles. The van der Waals surface area contributed by atoms with Gasteiger partial charge in [-0.3, -0.25) is 9.59 Å². The zero-order valence-electron chi connectivity index (χ0n) is 16.7. The van der Waals surface area contributed by atoms with Gasteiger partial charge in [0.25, 0.3) is 0 Å². The fourth-order valence-corrected chi connectivity index (χ4v) is 2.57. The van der Waals surface area contributed by atoms with E-state index >= 15 is 0 Å². The Hall–Kier alpha value is -3.56. The first kappa shape index (κ1) is 23.7. The summed E-state index contributed by atoms with van der Waals surface area (Å²) in [6, 6.07) is 7.25. The number of halogens is 4. The van der Waals surface area contributed by atoms with Crippen LogP contribution in [-0.2, 0) is 9.59 Å². The Morgan fingerprint density at radius 1 is 1.13 bits per heavy atom. The van der Waals surface area contributed by atoms with E-state index in [1.165, 1.54) is 37.5 Å². The third kappa shape index (κ3) is 6.73. The molecule has 2 aromatic rings. The normalized spacial score (nSPS) is 10.9. The molecule has 2 rings (SSSR count). The van der Waals surface area contributed by atoms with Crippen molar-refractivity contribution in [3.8, 4) is 11.5 Å². The molecule has 6 nitrogen and oxygen atoms in total. The summed E-state index contributed by atoms with van der Waals surface area (Å²) in [5.74, 6) is -3.30. The van der Waals surface area contributed by atoms with E-state index < -0.39 is 42.3 Å². The summed E-state index contributed by atoms with van der Waals surface area (Å²) in [6.45, 7) is -1.67. The summed E-state index contributed by atoms with van der Waals surface area (Å²) >= 11 is 0. The molecule has 0 aliphatic rings. The molecule has 166 valence electrons. The number of rotatable bonds is 9. The van der Waals surface area contributed by atoms with Crippen LogP contribution < -0.4 is 14.8 Å². The molecular formula is C21H20F4N2O4. The number of anilines is 1. The van der Waals surface area contributed by atoms with Crippen molar-refractivity contribution in [1.29, 1.82) is 0 Å². The fraction of sp³-hybridized carbons (Fsp3) is 0.238. The van der Waals surface area contributed by atoms with Crippen LogP contribution in [0, 0.1) is 11.6 Å². The molecule has 0 unspecified atom stereocenters. The number of hydrogen-bond donors (Lipinski definition) is 1. The predicted octanol–water partition coefficient (Wildman–Crippen LogP) is 4.08. The predicted molar refractivity (Wildman–Crippen MR) is 106 cm³/mol. The van der Waals surface area contributed by atoms with Crippen LogP contribution in [0.3, 0.4) is 0 Å². The lowest BCUT2D eigenvalue weighted by molar-refractivity contribution is -0.130. The lowest BCUT2D eigenvalue weighted by Gasteiger charge is -2.19. The van der Waals surface area contributed by atoms with Crippen molar-refractivity contribution in [2.24, 2.45) is 0 Å². The highest BCUT2D eigenvalue weighted by Gasteiger charge is 2.17. The van der Waals surface area contributed by atoms with E-state index in [1.807, 2.05) is 0 Å². The molecule has 0 aliphatic heterocycles.